The summed E-state index contributed by atoms with van der Waals surface area (Å²) in [7, 11) is 0. The van der Waals surface area contributed by atoms with Crippen LogP contribution in [-0.2, 0) is 4.79 Å². The minimum absolute atomic E-state index is 0.872. The van der Waals surface area contributed by atoms with Gasteiger partial charge < -0.3 is 15.9 Å². The molecule has 0 aromatic carbocycles. The Kier molecular flexibility index (Phi) is 28.9. The summed E-state index contributed by atoms with van der Waals surface area (Å²) in [5, 5.41) is 15.8. The first kappa shape index (κ1) is 25.1. The standard InChI is InChI=1S/C12H27N.C3H6O3.C2H4/c1-2-3-4-5-6-7-8-9-10-11-12-13;1-2(4)3(5)6;1-2/h2-13H2,1H3;2,4H,1H3,(H,5,6);1-2H2. The van der Waals surface area contributed by atoms with Crippen LogP contribution in [0.1, 0.15) is 78.1 Å². The van der Waals surface area contributed by atoms with Gasteiger partial charge in [0.25, 0.3) is 0 Å². The highest BCUT2D eigenvalue weighted by Gasteiger charge is 2.01. The molecule has 0 bridgehead atoms. The molecule has 0 radical (unpaired) electrons. The smallest absolute Gasteiger partial charge is 0.332 e. The number of hydrogen-bond acceptors (Lipinski definition) is 3. The number of aliphatic carboxylic acids is 1. The highest BCUT2D eigenvalue weighted by atomic mass is 16.4. The van der Waals surface area contributed by atoms with Gasteiger partial charge in [-0.25, -0.2) is 4.79 Å². The molecule has 4 nitrogen and oxygen atoms in total. The van der Waals surface area contributed by atoms with Crippen LogP contribution in [0.3, 0.4) is 0 Å². The van der Waals surface area contributed by atoms with E-state index in [4.69, 9.17) is 15.9 Å². The second-order valence-corrected chi connectivity index (χ2v) is 4.98. The Balaban J connectivity index is -0.000000339. The maximum absolute atomic E-state index is 9.45. The normalized spacial score (nSPS) is 10.7. The SMILES string of the molecule is C=C.CC(O)C(=O)O.CCCCCCCCCCCCN. The quantitative estimate of drug-likeness (QED) is 0.396. The molecule has 0 heterocycles. The summed E-state index contributed by atoms with van der Waals surface area (Å²) >= 11 is 0. The Morgan fingerprint density at radius 1 is 0.952 bits per heavy atom. The summed E-state index contributed by atoms with van der Waals surface area (Å²) in [4.78, 5) is 9.45. The third kappa shape index (κ3) is 32.6. The van der Waals surface area contributed by atoms with E-state index >= 15 is 0 Å². The third-order valence-corrected chi connectivity index (χ3v) is 2.92. The fourth-order valence-corrected chi connectivity index (χ4v) is 1.63. The van der Waals surface area contributed by atoms with Gasteiger partial charge >= 0.3 is 5.97 Å². The zero-order valence-electron chi connectivity index (χ0n) is 14.1. The van der Waals surface area contributed by atoms with Crippen LogP contribution in [0.4, 0.5) is 0 Å². The summed E-state index contributed by atoms with van der Waals surface area (Å²) in [6.07, 6.45) is 12.7. The minimum Gasteiger partial charge on any atom is -0.479 e. The number of nitrogens with two attached hydrogens (primary N) is 1. The minimum atomic E-state index is -1.23. The molecule has 0 saturated carbocycles. The van der Waals surface area contributed by atoms with Gasteiger partial charge in [-0.2, -0.15) is 0 Å². The Bertz CT molecular complexity index is 186. The largest absolute Gasteiger partial charge is 0.479 e. The Labute approximate surface area is 131 Å². The highest BCUT2D eigenvalue weighted by molar-refractivity contribution is 5.71. The van der Waals surface area contributed by atoms with E-state index in [-0.39, 0.29) is 0 Å². The van der Waals surface area contributed by atoms with Gasteiger partial charge in [-0.15, -0.1) is 13.2 Å². The lowest BCUT2D eigenvalue weighted by Gasteiger charge is -2.00. The molecule has 0 aliphatic rings. The van der Waals surface area contributed by atoms with Crippen LogP contribution in [0.2, 0.25) is 0 Å². The van der Waals surface area contributed by atoms with Crippen molar-refractivity contribution in [1.29, 1.82) is 0 Å². The van der Waals surface area contributed by atoms with Crippen molar-refractivity contribution in [3.63, 3.8) is 0 Å². The first-order chi connectivity index (χ1) is 10.1. The lowest BCUT2D eigenvalue weighted by molar-refractivity contribution is -0.145. The monoisotopic (exact) mass is 303 g/mol. The molecular weight excluding hydrogens is 266 g/mol. The topological polar surface area (TPSA) is 83.5 Å². The predicted molar refractivity (Wildman–Crippen MR) is 91.5 cm³/mol. The average Bonchev–Trinajstić information content (AvgIpc) is 2.48. The summed E-state index contributed by atoms with van der Waals surface area (Å²) in [6.45, 7) is 10.3. The van der Waals surface area contributed by atoms with Crippen LogP contribution in [0.5, 0.6) is 0 Å². The molecule has 0 saturated heterocycles. The molecule has 0 fully saturated rings. The first-order valence-electron chi connectivity index (χ1n) is 8.17. The van der Waals surface area contributed by atoms with Crippen molar-refractivity contribution in [1.82, 2.24) is 0 Å². The molecule has 1 unspecified atom stereocenters. The van der Waals surface area contributed by atoms with Crippen molar-refractivity contribution in [2.75, 3.05) is 6.54 Å². The second kappa shape index (κ2) is 24.2. The van der Waals surface area contributed by atoms with E-state index in [1.165, 1.54) is 71.1 Å². The molecule has 1 atom stereocenters. The van der Waals surface area contributed by atoms with E-state index in [2.05, 4.69) is 20.1 Å². The molecule has 0 spiro atoms. The molecule has 0 aliphatic carbocycles. The molecule has 128 valence electrons. The van der Waals surface area contributed by atoms with Crippen molar-refractivity contribution in [3.05, 3.63) is 13.2 Å². The number of hydrogen-bond donors (Lipinski definition) is 3. The maximum atomic E-state index is 9.45. The molecular formula is C17H37NO3. The Hall–Kier alpha value is -0.870. The van der Waals surface area contributed by atoms with Crippen LogP contribution in [0.15, 0.2) is 13.2 Å². The second-order valence-electron chi connectivity index (χ2n) is 4.98. The van der Waals surface area contributed by atoms with Gasteiger partial charge in [0.15, 0.2) is 0 Å². The van der Waals surface area contributed by atoms with Crippen LogP contribution in [0, 0.1) is 0 Å². The molecule has 0 rings (SSSR count). The van der Waals surface area contributed by atoms with Gasteiger partial charge in [0.2, 0.25) is 0 Å². The van der Waals surface area contributed by atoms with E-state index in [1.54, 1.807) is 0 Å². The summed E-state index contributed by atoms with van der Waals surface area (Å²) in [5.41, 5.74) is 5.42. The van der Waals surface area contributed by atoms with Crippen LogP contribution in [0.25, 0.3) is 0 Å². The lowest BCUT2D eigenvalue weighted by atomic mass is 10.1. The van der Waals surface area contributed by atoms with Crippen molar-refractivity contribution in [2.45, 2.75) is 84.2 Å². The van der Waals surface area contributed by atoms with Crippen molar-refractivity contribution < 1.29 is 15.0 Å². The van der Waals surface area contributed by atoms with Crippen molar-refractivity contribution in [3.8, 4) is 0 Å². The Morgan fingerprint density at radius 2 is 1.24 bits per heavy atom. The summed E-state index contributed by atoms with van der Waals surface area (Å²) in [6, 6.07) is 0. The first-order valence-corrected chi connectivity index (χ1v) is 8.17. The molecule has 0 aliphatic heterocycles. The number of carboxylic acids is 1. The highest BCUT2D eigenvalue weighted by Crippen LogP contribution is 2.09. The molecule has 4 heteroatoms. The van der Waals surface area contributed by atoms with Gasteiger partial charge in [0, 0.05) is 0 Å². The molecule has 4 N–H and O–H groups in total. The van der Waals surface area contributed by atoms with Crippen molar-refractivity contribution in [2.24, 2.45) is 5.73 Å². The number of rotatable bonds is 11. The van der Waals surface area contributed by atoms with E-state index < -0.39 is 12.1 Å². The van der Waals surface area contributed by atoms with Crippen molar-refractivity contribution >= 4 is 5.97 Å². The fourth-order valence-electron chi connectivity index (χ4n) is 1.63. The van der Waals surface area contributed by atoms with E-state index in [9.17, 15) is 4.79 Å². The molecule has 21 heavy (non-hydrogen) atoms. The molecule has 0 amide bonds. The predicted octanol–water partition coefficient (Wildman–Crippen LogP) is 4.12. The van der Waals surface area contributed by atoms with Gasteiger partial charge in [0.1, 0.15) is 6.10 Å². The average molecular weight is 303 g/mol. The van der Waals surface area contributed by atoms with Gasteiger partial charge in [-0.05, 0) is 19.9 Å². The number of aliphatic hydroxyl groups is 1. The fraction of sp³-hybridized carbons (Fsp3) is 0.824. The zero-order valence-corrected chi connectivity index (χ0v) is 14.1. The summed E-state index contributed by atoms with van der Waals surface area (Å²) < 4.78 is 0. The molecule has 0 aromatic heterocycles. The van der Waals surface area contributed by atoms with Crippen LogP contribution in [-0.4, -0.2) is 28.8 Å². The third-order valence-electron chi connectivity index (χ3n) is 2.92. The van der Waals surface area contributed by atoms with Gasteiger partial charge in [0.05, 0.1) is 0 Å². The zero-order chi connectivity index (χ0) is 16.9. The number of carboxylic acid groups (broad SMARTS) is 1. The van der Waals surface area contributed by atoms with E-state index in [0.29, 0.717) is 0 Å². The molecule has 0 aromatic rings. The Morgan fingerprint density at radius 3 is 1.48 bits per heavy atom. The van der Waals surface area contributed by atoms with Crippen LogP contribution >= 0.6 is 0 Å². The van der Waals surface area contributed by atoms with Gasteiger partial charge in [-0.3, -0.25) is 0 Å². The van der Waals surface area contributed by atoms with Crippen LogP contribution < -0.4 is 5.73 Å². The number of aliphatic hydroxyl groups excluding tert-OH is 1. The van der Waals surface area contributed by atoms with Gasteiger partial charge in [-0.1, -0.05) is 64.7 Å². The van der Waals surface area contributed by atoms with E-state index in [0.717, 1.165) is 6.54 Å². The summed E-state index contributed by atoms with van der Waals surface area (Å²) in [5.74, 6) is -1.19. The van der Waals surface area contributed by atoms with E-state index in [1.807, 2.05) is 0 Å². The maximum Gasteiger partial charge on any atom is 0.332 e. The number of unbranched alkanes of at least 4 members (excludes halogenated alkanes) is 9. The lowest BCUT2D eigenvalue weighted by Crippen LogP contribution is -2.13. The number of carbonyl (C=O) groups is 1.